The molecule has 2 N–H and O–H groups in total. The predicted molar refractivity (Wildman–Crippen MR) is 76.9 cm³/mol. The van der Waals surface area contributed by atoms with E-state index in [1.165, 1.54) is 24.3 Å². The number of ether oxygens (including phenoxy) is 1. The van der Waals surface area contributed by atoms with E-state index in [4.69, 9.17) is 0 Å². The van der Waals surface area contributed by atoms with E-state index in [2.05, 4.69) is 15.4 Å². The van der Waals surface area contributed by atoms with Crippen LogP contribution in [0.2, 0.25) is 0 Å². The summed E-state index contributed by atoms with van der Waals surface area (Å²) in [6.45, 7) is -0.321. The van der Waals surface area contributed by atoms with Crippen molar-refractivity contribution in [2.24, 2.45) is 0 Å². The number of nitrogens with one attached hydrogen (secondary N) is 2. The van der Waals surface area contributed by atoms with Crippen molar-refractivity contribution in [1.82, 2.24) is 5.32 Å². The molecule has 4 nitrogen and oxygen atoms in total. The summed E-state index contributed by atoms with van der Waals surface area (Å²) in [5.74, 6) is 0.0168. The lowest BCUT2D eigenvalue weighted by molar-refractivity contribution is -0.153. The summed E-state index contributed by atoms with van der Waals surface area (Å²) in [5.41, 5.74) is 0.545. The van der Waals surface area contributed by atoms with Crippen molar-refractivity contribution in [2.45, 2.75) is 37.9 Å². The molecule has 1 aromatic rings. The van der Waals surface area contributed by atoms with Gasteiger partial charge in [0.25, 0.3) is 0 Å². The number of benzene rings is 1. The topological polar surface area (TPSA) is 50.4 Å². The van der Waals surface area contributed by atoms with Crippen LogP contribution < -0.4 is 15.4 Å². The summed E-state index contributed by atoms with van der Waals surface area (Å²) in [7, 11) is 0. The number of hydrogen-bond donors (Lipinski definition) is 2. The van der Waals surface area contributed by atoms with Crippen LogP contribution in [-0.4, -0.2) is 31.3 Å². The molecule has 2 rings (SSSR count). The molecular weight excluding hydrogens is 297 g/mol. The zero-order chi connectivity index (χ0) is 16.0. The molecular formula is C15H19F3N2O2. The van der Waals surface area contributed by atoms with Crippen LogP contribution in [0, 0.1) is 0 Å². The van der Waals surface area contributed by atoms with Crippen molar-refractivity contribution in [3.8, 4) is 5.75 Å². The van der Waals surface area contributed by atoms with Gasteiger partial charge in [-0.05, 0) is 50.1 Å². The van der Waals surface area contributed by atoms with Gasteiger partial charge in [0.1, 0.15) is 5.75 Å². The highest BCUT2D eigenvalue weighted by atomic mass is 19.4. The summed E-state index contributed by atoms with van der Waals surface area (Å²) >= 11 is 0. The van der Waals surface area contributed by atoms with Gasteiger partial charge in [0.05, 0.1) is 0 Å². The number of carbonyl (C=O) groups is 1. The normalized spacial score (nSPS) is 18.2. The highest BCUT2D eigenvalue weighted by molar-refractivity contribution is 5.90. The molecule has 0 aliphatic carbocycles. The van der Waals surface area contributed by atoms with Gasteiger partial charge >= 0.3 is 6.18 Å². The maximum absolute atomic E-state index is 12.0. The quantitative estimate of drug-likeness (QED) is 0.848. The second-order valence-corrected chi connectivity index (χ2v) is 5.31. The van der Waals surface area contributed by atoms with E-state index in [0.717, 1.165) is 25.8 Å². The van der Waals surface area contributed by atoms with Crippen LogP contribution in [0.5, 0.6) is 5.75 Å². The third-order valence-electron chi connectivity index (χ3n) is 3.42. The molecule has 0 bridgehead atoms. The Balaban J connectivity index is 1.74. The third kappa shape index (κ3) is 5.93. The van der Waals surface area contributed by atoms with Crippen LogP contribution >= 0.6 is 0 Å². The van der Waals surface area contributed by atoms with Gasteiger partial charge in [-0.1, -0.05) is 0 Å². The average Bonchev–Trinajstić information content (AvgIpc) is 2.97. The van der Waals surface area contributed by atoms with Crippen molar-refractivity contribution in [2.75, 3.05) is 18.5 Å². The van der Waals surface area contributed by atoms with Crippen LogP contribution in [0.15, 0.2) is 24.3 Å². The average molecular weight is 316 g/mol. The van der Waals surface area contributed by atoms with E-state index >= 15 is 0 Å². The molecule has 0 aromatic heterocycles. The van der Waals surface area contributed by atoms with E-state index in [-0.39, 0.29) is 11.7 Å². The first-order valence-electron chi connectivity index (χ1n) is 7.25. The molecule has 1 aliphatic heterocycles. The highest BCUT2D eigenvalue weighted by Gasteiger charge is 2.28. The minimum absolute atomic E-state index is 0.0994. The fraction of sp³-hybridized carbons (Fsp3) is 0.533. The number of amides is 1. The number of hydrogen-bond acceptors (Lipinski definition) is 3. The molecule has 1 atom stereocenters. The van der Waals surface area contributed by atoms with Crippen LogP contribution in [0.3, 0.4) is 0 Å². The van der Waals surface area contributed by atoms with Crippen molar-refractivity contribution in [1.29, 1.82) is 0 Å². The minimum atomic E-state index is -4.36. The van der Waals surface area contributed by atoms with Crippen LogP contribution in [0.25, 0.3) is 0 Å². The third-order valence-corrected chi connectivity index (χ3v) is 3.42. The Morgan fingerprint density at radius 1 is 1.32 bits per heavy atom. The second kappa shape index (κ2) is 7.49. The standard InChI is InChI=1S/C15H19F3N2O2/c16-15(17,18)10-22-13-6-3-12(4-7-13)20-14(21)8-5-11-2-1-9-19-11/h3-4,6-7,11,19H,1-2,5,8-10H2,(H,20,21). The Labute approximate surface area is 127 Å². The zero-order valence-electron chi connectivity index (χ0n) is 12.1. The van der Waals surface area contributed by atoms with Crippen molar-refractivity contribution in [3.63, 3.8) is 0 Å². The first-order chi connectivity index (χ1) is 10.4. The lowest BCUT2D eigenvalue weighted by Gasteiger charge is -2.11. The molecule has 122 valence electrons. The van der Waals surface area contributed by atoms with Crippen molar-refractivity contribution >= 4 is 11.6 Å². The van der Waals surface area contributed by atoms with Crippen LogP contribution in [0.1, 0.15) is 25.7 Å². The van der Waals surface area contributed by atoms with Crippen LogP contribution in [0.4, 0.5) is 18.9 Å². The summed E-state index contributed by atoms with van der Waals surface area (Å²) in [5, 5.41) is 6.04. The Bertz CT molecular complexity index is 483. The molecule has 7 heteroatoms. The lowest BCUT2D eigenvalue weighted by atomic mass is 10.1. The highest BCUT2D eigenvalue weighted by Crippen LogP contribution is 2.20. The van der Waals surface area contributed by atoms with E-state index in [1.807, 2.05) is 0 Å². The number of alkyl halides is 3. The number of rotatable bonds is 6. The molecule has 1 unspecified atom stereocenters. The largest absolute Gasteiger partial charge is 0.484 e. The Hall–Kier alpha value is -1.76. The van der Waals surface area contributed by atoms with Crippen molar-refractivity contribution in [3.05, 3.63) is 24.3 Å². The first kappa shape index (κ1) is 16.6. The number of halogens is 3. The zero-order valence-corrected chi connectivity index (χ0v) is 12.1. The minimum Gasteiger partial charge on any atom is -0.484 e. The van der Waals surface area contributed by atoms with Gasteiger partial charge in [0.2, 0.25) is 5.91 Å². The number of carbonyl (C=O) groups excluding carboxylic acids is 1. The predicted octanol–water partition coefficient (Wildman–Crippen LogP) is 3.10. The van der Waals surface area contributed by atoms with Gasteiger partial charge < -0.3 is 15.4 Å². The van der Waals surface area contributed by atoms with E-state index in [1.54, 1.807) is 0 Å². The lowest BCUT2D eigenvalue weighted by Crippen LogP contribution is -2.23. The van der Waals surface area contributed by atoms with Gasteiger partial charge in [-0.15, -0.1) is 0 Å². The molecule has 0 radical (unpaired) electrons. The van der Waals surface area contributed by atoms with Gasteiger partial charge in [0, 0.05) is 18.2 Å². The second-order valence-electron chi connectivity index (χ2n) is 5.31. The molecule has 0 saturated carbocycles. The van der Waals surface area contributed by atoms with Crippen LogP contribution in [-0.2, 0) is 4.79 Å². The molecule has 1 heterocycles. The molecule has 0 spiro atoms. The van der Waals surface area contributed by atoms with E-state index in [9.17, 15) is 18.0 Å². The number of anilines is 1. The summed E-state index contributed by atoms with van der Waals surface area (Å²) in [4.78, 5) is 11.8. The van der Waals surface area contributed by atoms with Gasteiger partial charge in [-0.3, -0.25) is 4.79 Å². The molecule has 22 heavy (non-hydrogen) atoms. The summed E-state index contributed by atoms with van der Waals surface area (Å²) in [6, 6.07) is 6.26. The monoisotopic (exact) mass is 316 g/mol. The molecule has 1 aromatic carbocycles. The maximum atomic E-state index is 12.0. The Morgan fingerprint density at radius 2 is 2.05 bits per heavy atom. The smallest absolute Gasteiger partial charge is 0.422 e. The van der Waals surface area contributed by atoms with Crippen molar-refractivity contribution < 1.29 is 22.7 Å². The molecule has 1 fully saturated rings. The first-order valence-corrected chi connectivity index (χ1v) is 7.25. The molecule has 1 saturated heterocycles. The van der Waals surface area contributed by atoms with Gasteiger partial charge in [-0.2, -0.15) is 13.2 Å². The van der Waals surface area contributed by atoms with E-state index in [0.29, 0.717) is 18.2 Å². The van der Waals surface area contributed by atoms with Gasteiger partial charge in [-0.25, -0.2) is 0 Å². The Morgan fingerprint density at radius 3 is 2.64 bits per heavy atom. The van der Waals surface area contributed by atoms with E-state index < -0.39 is 12.8 Å². The molecule has 1 amide bonds. The molecule has 1 aliphatic rings. The Kier molecular flexibility index (Phi) is 5.65. The summed E-state index contributed by atoms with van der Waals surface area (Å²) in [6.07, 6.45) is -0.909. The fourth-order valence-electron chi connectivity index (χ4n) is 2.33. The fourth-order valence-corrected chi connectivity index (χ4v) is 2.33. The summed E-state index contributed by atoms with van der Waals surface area (Å²) < 4.78 is 40.7. The van der Waals surface area contributed by atoms with Gasteiger partial charge in [0.15, 0.2) is 6.61 Å². The maximum Gasteiger partial charge on any atom is 0.422 e. The SMILES string of the molecule is O=C(CCC1CCCN1)Nc1ccc(OCC(F)(F)F)cc1.